The number of benzene rings is 1. The first-order valence-electron chi connectivity index (χ1n) is 9.70. The highest BCUT2D eigenvalue weighted by atomic mass is 32.1. The van der Waals surface area contributed by atoms with E-state index in [1.807, 2.05) is 44.2 Å². The summed E-state index contributed by atoms with van der Waals surface area (Å²) in [5.41, 5.74) is 3.74. The zero-order valence-electron chi connectivity index (χ0n) is 17.2. The van der Waals surface area contributed by atoms with Crippen LogP contribution in [0.4, 0.5) is 0 Å². The molecule has 4 aromatic rings. The van der Waals surface area contributed by atoms with Gasteiger partial charge in [-0.05, 0) is 31.5 Å². The van der Waals surface area contributed by atoms with Crippen LogP contribution in [0.15, 0.2) is 48.8 Å². The summed E-state index contributed by atoms with van der Waals surface area (Å²) in [5, 5.41) is 0.819. The fraction of sp³-hybridized carbons (Fsp3) is 0.261. The first kappa shape index (κ1) is 20.3. The smallest absolute Gasteiger partial charge is 0.225 e. The molecule has 1 aromatic carbocycles. The van der Waals surface area contributed by atoms with Gasteiger partial charge in [-0.1, -0.05) is 30.3 Å². The predicted molar refractivity (Wildman–Crippen MR) is 118 cm³/mol. The predicted octanol–water partition coefficient (Wildman–Crippen LogP) is 4.68. The van der Waals surface area contributed by atoms with Gasteiger partial charge in [-0.25, -0.2) is 9.97 Å². The summed E-state index contributed by atoms with van der Waals surface area (Å²) in [6, 6.07) is 14.0. The van der Waals surface area contributed by atoms with Crippen LogP contribution in [-0.2, 0) is 11.3 Å². The summed E-state index contributed by atoms with van der Waals surface area (Å²) in [5.74, 6) is 0.358. The molecule has 4 rings (SSSR count). The number of aryl methyl sites for hydroxylation is 1. The molecule has 0 amide bonds. The highest BCUT2D eigenvalue weighted by Crippen LogP contribution is 2.35. The molecule has 0 spiro atoms. The Morgan fingerprint density at radius 2 is 1.93 bits per heavy atom. The number of carbonyl (C=O) groups is 1. The lowest BCUT2D eigenvalue weighted by Gasteiger charge is -2.09. The molecule has 0 fully saturated rings. The van der Waals surface area contributed by atoms with Gasteiger partial charge in [0.1, 0.15) is 11.2 Å². The Hall–Kier alpha value is -3.03. The molecule has 0 atom stereocenters. The first-order valence-corrected chi connectivity index (χ1v) is 10.5. The third-order valence-electron chi connectivity index (χ3n) is 5.08. The molecule has 0 bridgehead atoms. The van der Waals surface area contributed by atoms with E-state index in [1.165, 1.54) is 6.33 Å². The Bertz CT molecular complexity index is 1180. The minimum Gasteiger partial charge on any atom is -0.469 e. The van der Waals surface area contributed by atoms with Gasteiger partial charge in [0.25, 0.3) is 0 Å². The third-order valence-corrected chi connectivity index (χ3v) is 6.18. The number of aromatic nitrogens is 3. The lowest BCUT2D eigenvalue weighted by molar-refractivity contribution is 0.0918. The van der Waals surface area contributed by atoms with Gasteiger partial charge in [0.2, 0.25) is 11.7 Å². The molecule has 0 N–H and O–H groups in total. The van der Waals surface area contributed by atoms with Crippen LogP contribution in [0.2, 0.25) is 0 Å². The van der Waals surface area contributed by atoms with Crippen LogP contribution in [-0.4, -0.2) is 40.6 Å². The van der Waals surface area contributed by atoms with Crippen molar-refractivity contribution in [2.24, 2.45) is 0 Å². The summed E-state index contributed by atoms with van der Waals surface area (Å²) < 4.78 is 13.1. The van der Waals surface area contributed by atoms with Crippen LogP contribution in [0.5, 0.6) is 5.88 Å². The Balaban J connectivity index is 1.54. The minimum absolute atomic E-state index is 0.0722. The molecular weight excluding hydrogens is 398 g/mol. The van der Waals surface area contributed by atoms with Gasteiger partial charge < -0.3 is 14.0 Å². The van der Waals surface area contributed by atoms with E-state index in [2.05, 4.69) is 26.7 Å². The van der Waals surface area contributed by atoms with Gasteiger partial charge in [-0.2, -0.15) is 0 Å². The van der Waals surface area contributed by atoms with E-state index < -0.39 is 0 Å². The topological polar surface area (TPSA) is 66.2 Å². The monoisotopic (exact) mass is 421 g/mol. The molecule has 30 heavy (non-hydrogen) atoms. The van der Waals surface area contributed by atoms with E-state index in [9.17, 15) is 4.79 Å². The molecule has 0 unspecified atom stereocenters. The van der Waals surface area contributed by atoms with E-state index in [-0.39, 0.29) is 12.4 Å². The number of hydrogen-bond acceptors (Lipinski definition) is 6. The van der Waals surface area contributed by atoms with Crippen LogP contribution < -0.4 is 4.74 Å². The summed E-state index contributed by atoms with van der Waals surface area (Å²) in [6.07, 6.45) is 1.48. The SMILES string of the molecule is COCCn1c(C)cc(C(=O)COc2ncnc3sc(-c4ccccc4)cc23)c1C. The first-order chi connectivity index (χ1) is 14.6. The van der Waals surface area contributed by atoms with Crippen molar-refractivity contribution >= 4 is 27.3 Å². The van der Waals surface area contributed by atoms with E-state index in [0.717, 1.165) is 32.0 Å². The Morgan fingerprint density at radius 3 is 2.70 bits per heavy atom. The lowest BCUT2D eigenvalue weighted by Crippen LogP contribution is -2.14. The summed E-state index contributed by atoms with van der Waals surface area (Å²) in [4.78, 5) is 23.4. The van der Waals surface area contributed by atoms with Crippen molar-refractivity contribution in [3.63, 3.8) is 0 Å². The molecule has 6 nitrogen and oxygen atoms in total. The minimum atomic E-state index is -0.0722. The number of Topliss-reactive ketones (excluding diaryl/α,β-unsaturated/α-hetero) is 1. The van der Waals surface area contributed by atoms with Crippen molar-refractivity contribution in [1.82, 2.24) is 14.5 Å². The van der Waals surface area contributed by atoms with Gasteiger partial charge in [0.15, 0.2) is 6.61 Å². The van der Waals surface area contributed by atoms with Gasteiger partial charge in [0, 0.05) is 35.5 Å². The zero-order valence-corrected chi connectivity index (χ0v) is 18.0. The number of ketones is 1. The second kappa shape index (κ2) is 8.77. The van der Waals surface area contributed by atoms with Crippen LogP contribution in [0, 0.1) is 13.8 Å². The van der Waals surface area contributed by atoms with Crippen LogP contribution in [0.25, 0.3) is 20.7 Å². The Morgan fingerprint density at radius 1 is 1.13 bits per heavy atom. The van der Waals surface area contributed by atoms with Gasteiger partial charge in [-0.15, -0.1) is 11.3 Å². The van der Waals surface area contributed by atoms with Crippen LogP contribution in [0.3, 0.4) is 0 Å². The summed E-state index contributed by atoms with van der Waals surface area (Å²) >= 11 is 1.58. The molecule has 0 radical (unpaired) electrons. The highest BCUT2D eigenvalue weighted by Gasteiger charge is 2.18. The summed E-state index contributed by atoms with van der Waals surface area (Å²) in [6.45, 7) is 5.18. The largest absolute Gasteiger partial charge is 0.469 e. The second-order valence-corrected chi connectivity index (χ2v) is 8.05. The number of rotatable bonds is 8. The number of thiophene rings is 1. The number of ether oxygens (including phenoxy) is 2. The molecule has 154 valence electrons. The van der Waals surface area contributed by atoms with Crippen molar-refractivity contribution in [2.45, 2.75) is 20.4 Å². The Labute approximate surface area is 179 Å². The van der Waals surface area contributed by atoms with Crippen molar-refractivity contribution < 1.29 is 14.3 Å². The van der Waals surface area contributed by atoms with Crippen molar-refractivity contribution in [1.29, 1.82) is 0 Å². The zero-order chi connectivity index (χ0) is 21.1. The van der Waals surface area contributed by atoms with E-state index in [1.54, 1.807) is 18.4 Å². The maximum Gasteiger partial charge on any atom is 0.225 e. The summed E-state index contributed by atoms with van der Waals surface area (Å²) in [7, 11) is 1.67. The molecule has 3 heterocycles. The number of fused-ring (bicyclic) bond motifs is 1. The fourth-order valence-corrected chi connectivity index (χ4v) is 4.51. The maximum atomic E-state index is 12.8. The lowest BCUT2D eigenvalue weighted by atomic mass is 10.1. The normalized spacial score (nSPS) is 11.2. The average molecular weight is 422 g/mol. The average Bonchev–Trinajstić information content (AvgIpc) is 3.32. The third kappa shape index (κ3) is 3.99. The second-order valence-electron chi connectivity index (χ2n) is 7.02. The number of carbonyl (C=O) groups excluding carboxylic acids is 1. The van der Waals surface area contributed by atoms with Gasteiger partial charge >= 0.3 is 0 Å². The number of methoxy groups -OCH3 is 1. The Kier molecular flexibility index (Phi) is 5.92. The molecule has 0 saturated heterocycles. The highest BCUT2D eigenvalue weighted by molar-refractivity contribution is 7.21. The molecule has 7 heteroatoms. The molecule has 0 aliphatic rings. The molecule has 0 aliphatic heterocycles. The van der Waals surface area contributed by atoms with Gasteiger partial charge in [-0.3, -0.25) is 4.79 Å². The van der Waals surface area contributed by atoms with Crippen molar-refractivity contribution in [3.05, 3.63) is 65.7 Å². The standard InChI is InChI=1S/C23H23N3O3S/c1-15-11-18(16(2)26(15)9-10-28-3)20(27)13-29-22-19-12-21(17-7-5-4-6-8-17)30-23(19)25-14-24-22/h4-8,11-12,14H,9-10,13H2,1-3H3. The van der Waals surface area contributed by atoms with Crippen molar-refractivity contribution in [2.75, 3.05) is 20.3 Å². The van der Waals surface area contributed by atoms with Gasteiger partial charge in [0.05, 0.1) is 12.0 Å². The maximum absolute atomic E-state index is 12.8. The van der Waals surface area contributed by atoms with E-state index in [0.29, 0.717) is 24.6 Å². The molecular formula is C23H23N3O3S. The van der Waals surface area contributed by atoms with E-state index >= 15 is 0 Å². The van der Waals surface area contributed by atoms with E-state index in [4.69, 9.17) is 9.47 Å². The quantitative estimate of drug-likeness (QED) is 0.386. The number of nitrogens with zero attached hydrogens (tertiary/aromatic N) is 3. The molecule has 0 aliphatic carbocycles. The fourth-order valence-electron chi connectivity index (χ4n) is 3.52. The van der Waals surface area contributed by atoms with Crippen LogP contribution >= 0.6 is 11.3 Å². The molecule has 0 saturated carbocycles. The number of hydrogen-bond donors (Lipinski definition) is 0. The van der Waals surface area contributed by atoms with Crippen LogP contribution in [0.1, 0.15) is 21.7 Å². The van der Waals surface area contributed by atoms with Crippen molar-refractivity contribution in [3.8, 4) is 16.3 Å². The molecule has 3 aromatic heterocycles.